The topological polar surface area (TPSA) is 60.7 Å². The van der Waals surface area contributed by atoms with E-state index in [0.29, 0.717) is 5.75 Å². The quantitative estimate of drug-likeness (QED) is 0.304. The molecule has 0 aliphatic heterocycles. The highest BCUT2D eigenvalue weighted by Gasteiger charge is 2.19. The van der Waals surface area contributed by atoms with Crippen LogP contribution in [-0.4, -0.2) is 20.1 Å². The molecule has 0 atom stereocenters. The molecule has 1 N–H and O–H groups in total. The molecule has 0 fully saturated rings. The van der Waals surface area contributed by atoms with Gasteiger partial charge in [0.2, 0.25) is 5.91 Å². The number of allylic oxidation sites excluding steroid dienone is 1. The van der Waals surface area contributed by atoms with Gasteiger partial charge < -0.3 is 19.2 Å². The second-order valence-electron chi connectivity index (χ2n) is 8.17. The summed E-state index contributed by atoms with van der Waals surface area (Å²) in [6.45, 7) is 5.95. The molecule has 0 unspecified atom stereocenters. The van der Waals surface area contributed by atoms with E-state index in [2.05, 4.69) is 12.2 Å². The van der Waals surface area contributed by atoms with Crippen LogP contribution in [0.4, 0.5) is 5.69 Å². The van der Waals surface area contributed by atoms with E-state index in [1.165, 1.54) is 0 Å². The fraction of sp³-hybridized carbons (Fsp3) is 0.207. The van der Waals surface area contributed by atoms with E-state index in [4.69, 9.17) is 13.9 Å². The summed E-state index contributed by atoms with van der Waals surface area (Å²) < 4.78 is 17.1. The van der Waals surface area contributed by atoms with Crippen LogP contribution in [0.15, 0.2) is 71.4 Å². The number of carbonyl (C=O) groups excluding carboxylic acids is 1. The fourth-order valence-electron chi connectivity index (χ4n) is 4.28. The van der Waals surface area contributed by atoms with Gasteiger partial charge in [0, 0.05) is 33.8 Å². The number of ether oxygens (including phenoxy) is 2. The first kappa shape index (κ1) is 23.2. The van der Waals surface area contributed by atoms with Crippen molar-refractivity contribution in [1.82, 2.24) is 0 Å². The van der Waals surface area contributed by atoms with Gasteiger partial charge in [0.25, 0.3) is 0 Å². The van der Waals surface area contributed by atoms with Crippen molar-refractivity contribution in [3.8, 4) is 22.6 Å². The standard InChI is InChI=1S/C29H29NO4/c1-6-20-10-7-8-13-26(20)30-27(31)14-18(2)23-16-24-25(21-11-9-12-22(15-21)32-4)17-34-29(24)19(3)28(23)33-5/h7-17H,6H2,1-5H3,(H,30,31)/b18-14+. The number of anilines is 1. The highest BCUT2D eigenvalue weighted by molar-refractivity contribution is 6.06. The Balaban J connectivity index is 1.77. The fourth-order valence-corrected chi connectivity index (χ4v) is 4.28. The summed E-state index contributed by atoms with van der Waals surface area (Å²) >= 11 is 0. The number of nitrogens with one attached hydrogen (secondary N) is 1. The summed E-state index contributed by atoms with van der Waals surface area (Å²) in [7, 11) is 3.28. The van der Waals surface area contributed by atoms with Crippen molar-refractivity contribution in [2.75, 3.05) is 19.5 Å². The molecule has 4 aromatic rings. The molecule has 1 aromatic heterocycles. The maximum Gasteiger partial charge on any atom is 0.248 e. The van der Waals surface area contributed by atoms with E-state index < -0.39 is 0 Å². The molecule has 0 bridgehead atoms. The van der Waals surface area contributed by atoms with Crippen molar-refractivity contribution in [2.24, 2.45) is 0 Å². The van der Waals surface area contributed by atoms with Gasteiger partial charge in [-0.25, -0.2) is 0 Å². The largest absolute Gasteiger partial charge is 0.497 e. The Labute approximate surface area is 200 Å². The minimum atomic E-state index is -0.182. The summed E-state index contributed by atoms with van der Waals surface area (Å²) in [4.78, 5) is 12.9. The van der Waals surface area contributed by atoms with Crippen LogP contribution in [0.5, 0.6) is 11.5 Å². The Morgan fingerprint density at radius 1 is 1.06 bits per heavy atom. The molecule has 0 aliphatic rings. The van der Waals surface area contributed by atoms with Gasteiger partial charge >= 0.3 is 0 Å². The maximum atomic E-state index is 12.9. The van der Waals surface area contributed by atoms with Crippen LogP contribution in [0.3, 0.4) is 0 Å². The second kappa shape index (κ2) is 9.87. The minimum Gasteiger partial charge on any atom is -0.497 e. The van der Waals surface area contributed by atoms with Crippen molar-refractivity contribution in [1.29, 1.82) is 0 Å². The van der Waals surface area contributed by atoms with Crippen molar-refractivity contribution in [3.05, 3.63) is 83.6 Å². The highest BCUT2D eigenvalue weighted by atomic mass is 16.5. The zero-order valence-corrected chi connectivity index (χ0v) is 20.2. The zero-order chi connectivity index (χ0) is 24.2. The predicted molar refractivity (Wildman–Crippen MR) is 138 cm³/mol. The third-order valence-corrected chi connectivity index (χ3v) is 6.06. The first-order valence-corrected chi connectivity index (χ1v) is 11.3. The molecular weight excluding hydrogens is 426 g/mol. The number of amides is 1. The molecule has 0 saturated heterocycles. The second-order valence-corrected chi connectivity index (χ2v) is 8.17. The van der Waals surface area contributed by atoms with Crippen LogP contribution < -0.4 is 14.8 Å². The number of furan rings is 1. The van der Waals surface area contributed by atoms with E-state index in [1.54, 1.807) is 26.6 Å². The van der Waals surface area contributed by atoms with Crippen LogP contribution in [0.25, 0.3) is 27.7 Å². The highest BCUT2D eigenvalue weighted by Crippen LogP contribution is 2.41. The molecular formula is C29H29NO4. The van der Waals surface area contributed by atoms with Crippen LogP contribution in [0.1, 0.15) is 30.5 Å². The molecule has 5 nitrogen and oxygen atoms in total. The van der Waals surface area contributed by atoms with Gasteiger partial charge in [-0.3, -0.25) is 4.79 Å². The van der Waals surface area contributed by atoms with Gasteiger partial charge in [-0.05, 0) is 61.2 Å². The molecule has 0 radical (unpaired) electrons. The van der Waals surface area contributed by atoms with Crippen molar-refractivity contribution >= 4 is 28.1 Å². The van der Waals surface area contributed by atoms with Crippen LogP contribution in [0, 0.1) is 6.92 Å². The van der Waals surface area contributed by atoms with Crippen molar-refractivity contribution in [2.45, 2.75) is 27.2 Å². The molecule has 0 spiro atoms. The van der Waals surface area contributed by atoms with Crippen molar-refractivity contribution in [3.63, 3.8) is 0 Å². The lowest BCUT2D eigenvalue weighted by Crippen LogP contribution is -2.10. The van der Waals surface area contributed by atoms with Gasteiger partial charge in [0.15, 0.2) is 0 Å². The van der Waals surface area contributed by atoms with Gasteiger partial charge in [0.1, 0.15) is 17.1 Å². The summed E-state index contributed by atoms with van der Waals surface area (Å²) in [5.41, 5.74) is 7.15. The molecule has 0 saturated carbocycles. The van der Waals surface area contributed by atoms with Gasteiger partial charge in [0.05, 0.1) is 20.5 Å². The normalized spacial score (nSPS) is 11.5. The number of aryl methyl sites for hydroxylation is 2. The van der Waals surface area contributed by atoms with Crippen LogP contribution >= 0.6 is 0 Å². The average Bonchev–Trinajstić information content (AvgIpc) is 3.28. The Kier molecular flexibility index (Phi) is 6.73. The Morgan fingerprint density at radius 2 is 1.85 bits per heavy atom. The number of fused-ring (bicyclic) bond motifs is 1. The maximum absolute atomic E-state index is 12.9. The number of methoxy groups -OCH3 is 2. The summed E-state index contributed by atoms with van der Waals surface area (Å²) in [6.07, 6.45) is 4.21. The first-order chi connectivity index (χ1) is 16.5. The third-order valence-electron chi connectivity index (χ3n) is 6.06. The van der Waals surface area contributed by atoms with Gasteiger partial charge in [-0.1, -0.05) is 37.3 Å². The number of benzene rings is 3. The predicted octanol–water partition coefficient (Wildman–Crippen LogP) is 7.03. The van der Waals surface area contributed by atoms with Crippen molar-refractivity contribution < 1.29 is 18.7 Å². The van der Waals surface area contributed by atoms with Gasteiger partial charge in [-0.2, -0.15) is 0 Å². The monoisotopic (exact) mass is 455 g/mol. The lowest BCUT2D eigenvalue weighted by Gasteiger charge is -2.14. The molecule has 1 amide bonds. The number of para-hydroxylation sites is 1. The van der Waals surface area contributed by atoms with E-state index >= 15 is 0 Å². The van der Waals surface area contributed by atoms with Crippen LogP contribution in [0.2, 0.25) is 0 Å². The van der Waals surface area contributed by atoms with Crippen LogP contribution in [-0.2, 0) is 11.2 Å². The lowest BCUT2D eigenvalue weighted by atomic mass is 9.96. The smallest absolute Gasteiger partial charge is 0.248 e. The molecule has 4 rings (SSSR count). The average molecular weight is 456 g/mol. The van der Waals surface area contributed by atoms with E-state index in [9.17, 15) is 4.79 Å². The number of hydrogen-bond acceptors (Lipinski definition) is 4. The first-order valence-electron chi connectivity index (χ1n) is 11.3. The number of hydrogen-bond donors (Lipinski definition) is 1. The Morgan fingerprint density at radius 3 is 2.59 bits per heavy atom. The summed E-state index contributed by atoms with van der Waals surface area (Å²) in [5, 5.41) is 3.96. The Hall–Kier alpha value is -3.99. The molecule has 3 aromatic carbocycles. The zero-order valence-electron chi connectivity index (χ0n) is 20.2. The number of rotatable bonds is 7. The SMILES string of the molecule is CCc1ccccc1NC(=O)/C=C(\C)c1cc2c(-c3cccc(OC)c3)coc2c(C)c1OC. The summed E-state index contributed by atoms with van der Waals surface area (Å²) in [5.74, 6) is 1.28. The number of carbonyl (C=O) groups is 1. The molecule has 1 heterocycles. The van der Waals surface area contributed by atoms with E-state index in [0.717, 1.165) is 62.2 Å². The van der Waals surface area contributed by atoms with Gasteiger partial charge in [-0.15, -0.1) is 0 Å². The minimum absolute atomic E-state index is 0.182. The van der Waals surface area contributed by atoms with E-state index in [1.807, 2.05) is 68.4 Å². The third kappa shape index (κ3) is 4.42. The molecule has 5 heteroatoms. The molecule has 174 valence electrons. The summed E-state index contributed by atoms with van der Waals surface area (Å²) in [6, 6.07) is 17.7. The molecule has 34 heavy (non-hydrogen) atoms. The van der Waals surface area contributed by atoms with E-state index in [-0.39, 0.29) is 5.91 Å². The molecule has 0 aliphatic carbocycles. The Bertz CT molecular complexity index is 1380. The lowest BCUT2D eigenvalue weighted by molar-refractivity contribution is -0.111.